The van der Waals surface area contributed by atoms with Gasteiger partial charge in [0.1, 0.15) is 16.7 Å². The van der Waals surface area contributed by atoms with Crippen molar-refractivity contribution in [3.8, 4) is 39.9 Å². The predicted molar refractivity (Wildman–Crippen MR) is 205 cm³/mol. The maximum atomic E-state index is 7.03. The molecule has 0 unspecified atom stereocenters. The smallest absolute Gasteiger partial charge is 0.164 e. The van der Waals surface area contributed by atoms with Gasteiger partial charge in [-0.3, -0.25) is 0 Å². The Balaban J connectivity index is 1.21. The third-order valence-corrected chi connectivity index (χ3v) is 9.87. The lowest BCUT2D eigenvalue weighted by molar-refractivity contribution is 0.661. The molecule has 0 bridgehead atoms. The van der Waals surface area contributed by atoms with Crippen molar-refractivity contribution in [2.75, 3.05) is 0 Å². The number of hydrogen-bond donors (Lipinski definition) is 0. The minimum absolute atomic E-state index is 0.565. The highest BCUT2D eigenvalue weighted by molar-refractivity contribution is 6.25. The van der Waals surface area contributed by atoms with Gasteiger partial charge in [-0.25, -0.2) is 15.0 Å². The Kier molecular flexibility index (Phi) is 5.86. The molecule has 0 saturated carbocycles. The molecule has 11 rings (SSSR count). The number of rotatable bonds is 4. The van der Waals surface area contributed by atoms with Gasteiger partial charge in [0.25, 0.3) is 0 Å². The molecule has 0 aliphatic rings. The van der Waals surface area contributed by atoms with Crippen LogP contribution in [-0.4, -0.2) is 19.5 Å². The van der Waals surface area contributed by atoms with Crippen LogP contribution in [0.3, 0.4) is 0 Å². The van der Waals surface area contributed by atoms with Gasteiger partial charge < -0.3 is 13.4 Å². The third-order valence-electron chi connectivity index (χ3n) is 9.87. The zero-order valence-corrected chi connectivity index (χ0v) is 27.1. The van der Waals surface area contributed by atoms with E-state index in [0.29, 0.717) is 17.5 Å². The van der Waals surface area contributed by atoms with Crippen LogP contribution in [0.4, 0.5) is 0 Å². The first-order chi connectivity index (χ1) is 25.3. The first-order valence-electron chi connectivity index (χ1n) is 17.0. The van der Waals surface area contributed by atoms with Crippen molar-refractivity contribution >= 4 is 65.7 Å². The zero-order valence-electron chi connectivity index (χ0n) is 27.1. The van der Waals surface area contributed by atoms with Crippen molar-refractivity contribution in [1.82, 2.24) is 19.5 Å². The molecule has 7 aromatic carbocycles. The summed E-state index contributed by atoms with van der Waals surface area (Å²) in [5.41, 5.74) is 8.98. The second kappa shape index (κ2) is 10.7. The maximum absolute atomic E-state index is 7.03. The zero-order chi connectivity index (χ0) is 33.5. The average molecular weight is 655 g/mol. The van der Waals surface area contributed by atoms with Crippen molar-refractivity contribution in [3.05, 3.63) is 158 Å². The summed E-state index contributed by atoms with van der Waals surface area (Å²) in [6, 6.07) is 53.7. The van der Waals surface area contributed by atoms with Crippen molar-refractivity contribution in [1.29, 1.82) is 0 Å². The van der Waals surface area contributed by atoms with Crippen LogP contribution in [0.15, 0.2) is 167 Å². The molecule has 6 nitrogen and oxygen atoms in total. The summed E-state index contributed by atoms with van der Waals surface area (Å²) in [6.07, 6.45) is 0. The van der Waals surface area contributed by atoms with Gasteiger partial charge in [0.2, 0.25) is 0 Å². The van der Waals surface area contributed by atoms with Gasteiger partial charge in [0.15, 0.2) is 23.1 Å². The topological polar surface area (TPSA) is 69.9 Å². The van der Waals surface area contributed by atoms with E-state index in [9.17, 15) is 0 Å². The molecule has 0 atom stereocenters. The van der Waals surface area contributed by atoms with Gasteiger partial charge in [-0.2, -0.15) is 0 Å². The molecule has 11 aromatic rings. The van der Waals surface area contributed by atoms with Gasteiger partial charge in [-0.15, -0.1) is 0 Å². The number of aromatic nitrogens is 4. The highest BCUT2D eigenvalue weighted by atomic mass is 16.3. The van der Waals surface area contributed by atoms with E-state index in [2.05, 4.69) is 83.4 Å². The number of fused-ring (bicyclic) bond motifs is 10. The summed E-state index contributed by atoms with van der Waals surface area (Å²) in [5.74, 6) is 1.78. The first kappa shape index (κ1) is 27.9. The number of para-hydroxylation sites is 3. The lowest BCUT2D eigenvalue weighted by Gasteiger charge is -2.09. The molecule has 51 heavy (non-hydrogen) atoms. The molecule has 4 aromatic heterocycles. The lowest BCUT2D eigenvalue weighted by atomic mass is 10.0. The fourth-order valence-electron chi connectivity index (χ4n) is 7.62. The maximum Gasteiger partial charge on any atom is 0.164 e. The first-order valence-corrected chi connectivity index (χ1v) is 17.0. The monoisotopic (exact) mass is 654 g/mol. The lowest BCUT2D eigenvalue weighted by Crippen LogP contribution is -2.00. The predicted octanol–water partition coefficient (Wildman–Crippen LogP) is 11.8. The van der Waals surface area contributed by atoms with Crippen LogP contribution < -0.4 is 0 Å². The quantitative estimate of drug-likeness (QED) is 0.189. The van der Waals surface area contributed by atoms with Crippen LogP contribution in [0, 0.1) is 0 Å². The largest absolute Gasteiger partial charge is 0.456 e. The molecule has 0 radical (unpaired) electrons. The van der Waals surface area contributed by atoms with Crippen molar-refractivity contribution in [3.63, 3.8) is 0 Å². The molecule has 0 amide bonds. The molecule has 0 aliphatic carbocycles. The van der Waals surface area contributed by atoms with Gasteiger partial charge in [-0.1, -0.05) is 121 Å². The molecular formula is C45H26N4O2. The Hall–Kier alpha value is -7.05. The van der Waals surface area contributed by atoms with Crippen LogP contribution in [0.5, 0.6) is 0 Å². The fourth-order valence-corrected chi connectivity index (χ4v) is 7.62. The summed E-state index contributed by atoms with van der Waals surface area (Å²) in [4.78, 5) is 15.1. The Morgan fingerprint density at radius 2 is 0.922 bits per heavy atom. The molecule has 0 fully saturated rings. The minimum Gasteiger partial charge on any atom is -0.456 e. The second-order valence-electron chi connectivity index (χ2n) is 12.8. The summed E-state index contributed by atoms with van der Waals surface area (Å²) in [5, 5.41) is 6.26. The van der Waals surface area contributed by atoms with Crippen LogP contribution in [-0.2, 0) is 0 Å². The molecule has 6 heteroatoms. The van der Waals surface area contributed by atoms with Crippen molar-refractivity contribution < 1.29 is 8.83 Å². The van der Waals surface area contributed by atoms with E-state index < -0.39 is 0 Å². The molecule has 238 valence electrons. The number of benzene rings is 7. The van der Waals surface area contributed by atoms with Crippen LogP contribution in [0.2, 0.25) is 0 Å². The van der Waals surface area contributed by atoms with Gasteiger partial charge in [-0.05, 0) is 36.4 Å². The van der Waals surface area contributed by atoms with E-state index in [-0.39, 0.29) is 0 Å². The van der Waals surface area contributed by atoms with Crippen molar-refractivity contribution in [2.45, 2.75) is 0 Å². The highest BCUT2D eigenvalue weighted by Crippen LogP contribution is 2.44. The van der Waals surface area contributed by atoms with E-state index in [1.807, 2.05) is 78.9 Å². The average Bonchev–Trinajstić information content (AvgIpc) is 3.88. The minimum atomic E-state index is 0.565. The molecule has 0 saturated heterocycles. The van der Waals surface area contributed by atoms with Gasteiger partial charge >= 0.3 is 0 Å². The van der Waals surface area contributed by atoms with E-state index in [4.69, 9.17) is 23.8 Å². The number of hydrogen-bond acceptors (Lipinski definition) is 5. The van der Waals surface area contributed by atoms with Gasteiger partial charge in [0.05, 0.1) is 22.1 Å². The summed E-state index contributed by atoms with van der Waals surface area (Å²) in [6.45, 7) is 0. The van der Waals surface area contributed by atoms with E-state index in [0.717, 1.165) is 77.3 Å². The molecular weight excluding hydrogens is 629 g/mol. The number of nitrogens with zero attached hydrogens (tertiary/aromatic N) is 4. The molecule has 0 N–H and O–H groups in total. The fraction of sp³-hybridized carbons (Fsp3) is 0. The second-order valence-corrected chi connectivity index (χ2v) is 12.8. The normalized spacial score (nSPS) is 11.9. The number of furan rings is 2. The molecule has 4 heterocycles. The van der Waals surface area contributed by atoms with Crippen LogP contribution >= 0.6 is 0 Å². The molecule has 0 aliphatic heterocycles. The van der Waals surface area contributed by atoms with Crippen LogP contribution in [0.1, 0.15) is 0 Å². The SMILES string of the molecule is c1ccc(-c2nc(-c3ccccc3)nc(-c3cccc4oc5ccc6c7cccc(-n8c9ccccc9c9ccccc98)c7oc6c5c34)n2)cc1. The van der Waals surface area contributed by atoms with E-state index in [1.165, 1.54) is 10.8 Å². The highest BCUT2D eigenvalue weighted by Gasteiger charge is 2.23. The Morgan fingerprint density at radius 1 is 0.373 bits per heavy atom. The molecule has 0 spiro atoms. The Bertz CT molecular complexity index is 3030. The van der Waals surface area contributed by atoms with Gasteiger partial charge in [0, 0.05) is 43.6 Å². The van der Waals surface area contributed by atoms with Crippen LogP contribution in [0.25, 0.3) is 106 Å². The van der Waals surface area contributed by atoms with E-state index in [1.54, 1.807) is 0 Å². The van der Waals surface area contributed by atoms with E-state index >= 15 is 0 Å². The summed E-state index contributed by atoms with van der Waals surface area (Å²) < 4.78 is 15.9. The Morgan fingerprint density at radius 3 is 1.61 bits per heavy atom. The standard InChI is InChI=1S/C45H26N4O2/c1-3-13-27(14-4-1)43-46-44(28-15-5-2-6-16-28)48-45(47-43)33-20-12-24-37-39(33)40-38(50-37)26-25-32-31-19-11-23-36(41(31)51-42(32)40)49-34-21-9-7-17-29(34)30-18-8-10-22-35(30)49/h1-26H. The summed E-state index contributed by atoms with van der Waals surface area (Å²) in [7, 11) is 0. The Labute approximate surface area is 290 Å². The van der Waals surface area contributed by atoms with Crippen molar-refractivity contribution in [2.24, 2.45) is 0 Å². The summed E-state index contributed by atoms with van der Waals surface area (Å²) >= 11 is 0. The third kappa shape index (κ3) is 4.14.